The summed E-state index contributed by atoms with van der Waals surface area (Å²) in [6.45, 7) is 13.8. The van der Waals surface area contributed by atoms with Gasteiger partial charge in [-0.2, -0.15) is 0 Å². The fourth-order valence-electron chi connectivity index (χ4n) is 4.00. The molecule has 3 atom stereocenters. The Hall–Kier alpha value is -0.820. The van der Waals surface area contributed by atoms with E-state index in [1.807, 2.05) is 0 Å². The van der Waals surface area contributed by atoms with E-state index >= 15 is 0 Å². The van der Waals surface area contributed by atoms with Crippen LogP contribution in [0.25, 0.3) is 0 Å². The molecule has 0 spiro atoms. The highest BCUT2D eigenvalue weighted by Gasteiger charge is 2.33. The van der Waals surface area contributed by atoms with Crippen LogP contribution >= 0.6 is 0 Å². The van der Waals surface area contributed by atoms with E-state index in [1.54, 1.807) is 5.56 Å². The highest BCUT2D eigenvalue weighted by Crippen LogP contribution is 2.44. The van der Waals surface area contributed by atoms with Crippen molar-refractivity contribution in [2.45, 2.75) is 59.8 Å². The molecular formula is C20H33N. The van der Waals surface area contributed by atoms with Gasteiger partial charge in [-0.15, -0.1) is 0 Å². The maximum absolute atomic E-state index is 3.60. The fourth-order valence-corrected chi connectivity index (χ4v) is 4.00. The van der Waals surface area contributed by atoms with Crippen LogP contribution in [0.2, 0.25) is 0 Å². The van der Waals surface area contributed by atoms with Crippen LogP contribution in [0.3, 0.4) is 0 Å². The average molecular weight is 287 g/mol. The van der Waals surface area contributed by atoms with Gasteiger partial charge in [0.1, 0.15) is 0 Å². The minimum absolute atomic E-state index is 0.741. The highest BCUT2D eigenvalue weighted by molar-refractivity contribution is 5.36. The average Bonchev–Trinajstić information content (AvgIpc) is 2.48. The van der Waals surface area contributed by atoms with Crippen LogP contribution < -0.4 is 5.32 Å². The van der Waals surface area contributed by atoms with Gasteiger partial charge < -0.3 is 5.32 Å². The minimum Gasteiger partial charge on any atom is -0.317 e. The van der Waals surface area contributed by atoms with Crippen molar-refractivity contribution < 1.29 is 0 Å². The Bertz CT molecular complexity index is 449. The third-order valence-electron chi connectivity index (χ3n) is 5.68. The van der Waals surface area contributed by atoms with E-state index in [0.717, 1.165) is 30.2 Å². The summed E-state index contributed by atoms with van der Waals surface area (Å²) in [5.41, 5.74) is 4.58. The predicted octanol–water partition coefficient (Wildman–Crippen LogP) is 5.07. The first-order chi connectivity index (χ1) is 10.0. The van der Waals surface area contributed by atoms with E-state index < -0.39 is 0 Å². The first kappa shape index (κ1) is 16.5. The molecule has 0 amide bonds. The highest BCUT2D eigenvalue weighted by atomic mass is 14.8. The number of aryl methyl sites for hydroxylation is 1. The molecule has 1 aliphatic carbocycles. The van der Waals surface area contributed by atoms with Crippen LogP contribution in [-0.4, -0.2) is 13.1 Å². The van der Waals surface area contributed by atoms with Crippen molar-refractivity contribution in [3.8, 4) is 0 Å². The molecule has 118 valence electrons. The summed E-state index contributed by atoms with van der Waals surface area (Å²) < 4.78 is 0. The molecule has 1 fully saturated rings. The van der Waals surface area contributed by atoms with Gasteiger partial charge in [-0.1, -0.05) is 39.0 Å². The lowest BCUT2D eigenvalue weighted by molar-refractivity contribution is 0.190. The maximum atomic E-state index is 3.60. The van der Waals surface area contributed by atoms with E-state index in [0.29, 0.717) is 0 Å². The number of hydrogen-bond acceptors (Lipinski definition) is 1. The summed E-state index contributed by atoms with van der Waals surface area (Å²) in [6, 6.07) is 6.89. The van der Waals surface area contributed by atoms with Crippen LogP contribution in [0, 0.1) is 31.6 Å². The van der Waals surface area contributed by atoms with Crippen LogP contribution in [0.5, 0.6) is 0 Å². The largest absolute Gasteiger partial charge is 0.317 e. The Morgan fingerprint density at radius 1 is 1.19 bits per heavy atom. The number of rotatable bonds is 5. The van der Waals surface area contributed by atoms with Crippen LogP contribution in [0.4, 0.5) is 0 Å². The first-order valence-electron chi connectivity index (χ1n) is 8.81. The molecule has 1 heteroatoms. The molecule has 1 aromatic carbocycles. The van der Waals surface area contributed by atoms with Crippen LogP contribution in [0.1, 0.15) is 62.6 Å². The summed E-state index contributed by atoms with van der Waals surface area (Å²) in [7, 11) is 0. The van der Waals surface area contributed by atoms with E-state index in [1.165, 1.54) is 36.9 Å². The van der Waals surface area contributed by atoms with Gasteiger partial charge in [0.05, 0.1) is 0 Å². The standard InChI is InChI=1S/C20H33N/c1-6-21-13-18-11-10-17(14(2)3)12-20(18)19-9-7-8-15(4)16(19)5/h7-9,14,17-18,20-21H,6,10-13H2,1-5H3. The van der Waals surface area contributed by atoms with Crippen molar-refractivity contribution in [3.05, 3.63) is 34.9 Å². The third kappa shape index (κ3) is 3.88. The van der Waals surface area contributed by atoms with Gasteiger partial charge in [0.2, 0.25) is 0 Å². The van der Waals surface area contributed by atoms with Gasteiger partial charge in [0, 0.05) is 0 Å². The lowest BCUT2D eigenvalue weighted by Gasteiger charge is -2.39. The van der Waals surface area contributed by atoms with E-state index in [9.17, 15) is 0 Å². The van der Waals surface area contributed by atoms with Gasteiger partial charge in [-0.3, -0.25) is 0 Å². The normalized spacial score (nSPS) is 26.3. The first-order valence-corrected chi connectivity index (χ1v) is 8.81. The molecule has 0 radical (unpaired) electrons. The second-order valence-electron chi connectivity index (χ2n) is 7.28. The number of nitrogens with one attached hydrogen (secondary N) is 1. The Balaban J connectivity index is 2.25. The SMILES string of the molecule is CCNCC1CCC(C(C)C)CC1c1cccc(C)c1C. The van der Waals surface area contributed by atoms with Gasteiger partial charge in [0.15, 0.2) is 0 Å². The molecule has 1 N–H and O–H groups in total. The van der Waals surface area contributed by atoms with E-state index in [-0.39, 0.29) is 0 Å². The summed E-state index contributed by atoms with van der Waals surface area (Å²) >= 11 is 0. The molecule has 1 aliphatic rings. The monoisotopic (exact) mass is 287 g/mol. The lowest BCUT2D eigenvalue weighted by Crippen LogP contribution is -2.33. The molecule has 0 aromatic heterocycles. The van der Waals surface area contributed by atoms with E-state index in [4.69, 9.17) is 0 Å². The molecule has 0 heterocycles. The van der Waals surface area contributed by atoms with Crippen molar-refractivity contribution in [1.82, 2.24) is 5.32 Å². The Labute approximate surface area is 131 Å². The van der Waals surface area contributed by atoms with Crippen molar-refractivity contribution in [2.24, 2.45) is 17.8 Å². The zero-order valence-corrected chi connectivity index (χ0v) is 14.6. The second kappa shape index (κ2) is 7.45. The Kier molecular flexibility index (Phi) is 5.87. The number of hydrogen-bond donors (Lipinski definition) is 1. The van der Waals surface area contributed by atoms with Gasteiger partial charge in [-0.05, 0) is 86.6 Å². The number of benzene rings is 1. The maximum Gasteiger partial charge on any atom is -0.00148 e. The van der Waals surface area contributed by atoms with Crippen molar-refractivity contribution in [3.63, 3.8) is 0 Å². The predicted molar refractivity (Wildman–Crippen MR) is 92.9 cm³/mol. The molecular weight excluding hydrogens is 254 g/mol. The zero-order valence-electron chi connectivity index (χ0n) is 14.6. The molecule has 2 rings (SSSR count). The molecule has 0 saturated heterocycles. The summed E-state index contributed by atoms with van der Waals surface area (Å²) in [5.74, 6) is 3.26. The van der Waals surface area contributed by atoms with Gasteiger partial charge in [-0.25, -0.2) is 0 Å². The molecule has 0 bridgehead atoms. The van der Waals surface area contributed by atoms with Gasteiger partial charge in [0.25, 0.3) is 0 Å². The van der Waals surface area contributed by atoms with Crippen LogP contribution in [-0.2, 0) is 0 Å². The minimum atomic E-state index is 0.741. The third-order valence-corrected chi connectivity index (χ3v) is 5.68. The molecule has 1 aromatic rings. The summed E-state index contributed by atoms with van der Waals surface area (Å²) in [5, 5.41) is 3.60. The Morgan fingerprint density at radius 3 is 2.62 bits per heavy atom. The fraction of sp³-hybridized carbons (Fsp3) is 0.700. The molecule has 3 unspecified atom stereocenters. The van der Waals surface area contributed by atoms with Crippen molar-refractivity contribution in [1.29, 1.82) is 0 Å². The quantitative estimate of drug-likeness (QED) is 0.797. The lowest BCUT2D eigenvalue weighted by atomic mass is 9.67. The van der Waals surface area contributed by atoms with E-state index in [2.05, 4.69) is 58.1 Å². The van der Waals surface area contributed by atoms with Crippen LogP contribution in [0.15, 0.2) is 18.2 Å². The summed E-state index contributed by atoms with van der Waals surface area (Å²) in [4.78, 5) is 0. The second-order valence-corrected chi connectivity index (χ2v) is 7.28. The molecule has 0 aliphatic heterocycles. The molecule has 1 nitrogen and oxygen atoms in total. The van der Waals surface area contributed by atoms with Crippen molar-refractivity contribution in [2.75, 3.05) is 13.1 Å². The van der Waals surface area contributed by atoms with Crippen molar-refractivity contribution >= 4 is 0 Å². The molecule has 21 heavy (non-hydrogen) atoms. The topological polar surface area (TPSA) is 12.0 Å². The summed E-state index contributed by atoms with van der Waals surface area (Å²) in [6.07, 6.45) is 4.17. The zero-order chi connectivity index (χ0) is 15.4. The Morgan fingerprint density at radius 2 is 1.95 bits per heavy atom. The van der Waals surface area contributed by atoms with Gasteiger partial charge >= 0.3 is 0 Å². The molecule has 1 saturated carbocycles. The smallest absolute Gasteiger partial charge is 0.00148 e.